The van der Waals surface area contributed by atoms with E-state index in [0.29, 0.717) is 10.6 Å². The van der Waals surface area contributed by atoms with Gasteiger partial charge in [-0.1, -0.05) is 6.92 Å². The Bertz CT molecular complexity index is 591. The molecule has 0 aromatic heterocycles. The number of rotatable bonds is 2. The fraction of sp³-hybridized carbons (Fsp3) is 0.0909. The molecule has 0 radical (unpaired) electrons. The standard InChI is InChI=1S/C6H6O2P.C5H4O2P.Fe/c1-5-2-3-6(4-5)9(7)8;6-8(7)5-3-1-2-4-5;/h2-4H,1H3;1-4H;/q-1;-5;. The van der Waals surface area contributed by atoms with Crippen molar-refractivity contribution in [3.05, 3.63) is 48.0 Å². The van der Waals surface area contributed by atoms with Gasteiger partial charge in [-0.2, -0.15) is 12.1 Å². The predicted molar refractivity (Wildman–Crippen MR) is 64.7 cm³/mol. The minimum Gasteiger partial charge on any atom is -0.747 e. The Morgan fingerprint density at radius 1 is 1.06 bits per heavy atom. The van der Waals surface area contributed by atoms with Crippen molar-refractivity contribution in [2.75, 3.05) is 0 Å². The normalized spacial score (nSPS) is 8.72. The van der Waals surface area contributed by atoms with Crippen molar-refractivity contribution in [3.63, 3.8) is 0 Å². The summed E-state index contributed by atoms with van der Waals surface area (Å²) in [5.41, 5.74) is 0.990. The molecule has 7 heteroatoms. The summed E-state index contributed by atoms with van der Waals surface area (Å²) in [6.45, 7) is 1.86. The van der Waals surface area contributed by atoms with Crippen LogP contribution in [0.25, 0.3) is 0 Å². The molecule has 0 atom stereocenters. The minimum atomic E-state index is -2.37. The third-order valence-corrected chi connectivity index (χ3v) is 3.38. The fourth-order valence-corrected chi connectivity index (χ4v) is 2.07. The molecule has 0 heterocycles. The van der Waals surface area contributed by atoms with Crippen LogP contribution in [0.5, 0.6) is 0 Å². The van der Waals surface area contributed by atoms with Crippen molar-refractivity contribution in [1.82, 2.24) is 0 Å². The Kier molecular flexibility index (Phi) is 7.73. The molecule has 0 spiro atoms. The second kappa shape index (κ2) is 8.18. The number of hydrogen-bond donors (Lipinski definition) is 0. The summed E-state index contributed by atoms with van der Waals surface area (Å²) >= 11 is 0. The zero-order valence-electron chi connectivity index (χ0n) is 9.42. The van der Waals surface area contributed by atoms with Crippen molar-refractivity contribution in [1.29, 1.82) is 0 Å². The molecule has 102 valence electrons. The summed E-state index contributed by atoms with van der Waals surface area (Å²) in [6.07, 6.45) is 0. The molecular formula is C11H10FeO4P2-6. The zero-order chi connectivity index (χ0) is 12.8. The Morgan fingerprint density at radius 2 is 1.61 bits per heavy atom. The Morgan fingerprint density at radius 3 is 1.83 bits per heavy atom. The first-order chi connectivity index (χ1) is 8.00. The summed E-state index contributed by atoms with van der Waals surface area (Å²) in [7, 11) is -4.73. The van der Waals surface area contributed by atoms with E-state index in [1.54, 1.807) is 42.5 Å². The van der Waals surface area contributed by atoms with Crippen LogP contribution < -0.4 is 10.6 Å². The van der Waals surface area contributed by atoms with Crippen LogP contribution in [0, 0.1) is 6.92 Å². The summed E-state index contributed by atoms with van der Waals surface area (Å²) < 4.78 is 40.7. The van der Waals surface area contributed by atoms with Gasteiger partial charge in [0.05, 0.1) is 0 Å². The van der Waals surface area contributed by atoms with E-state index >= 15 is 0 Å². The van der Waals surface area contributed by atoms with Crippen LogP contribution in [0.1, 0.15) is 5.56 Å². The summed E-state index contributed by atoms with van der Waals surface area (Å²) in [5.74, 6) is 0. The average molecular weight is 324 g/mol. The Balaban J connectivity index is 0.000000306. The van der Waals surface area contributed by atoms with Crippen molar-refractivity contribution < 1.29 is 35.3 Å². The van der Waals surface area contributed by atoms with Crippen LogP contribution in [0.3, 0.4) is 0 Å². The molecule has 0 aliphatic rings. The summed E-state index contributed by atoms with van der Waals surface area (Å²) in [4.78, 5) is 0. The van der Waals surface area contributed by atoms with Crippen LogP contribution >= 0.6 is 15.4 Å². The van der Waals surface area contributed by atoms with Crippen LogP contribution in [0.4, 0.5) is 0 Å². The van der Waals surface area contributed by atoms with E-state index in [1.807, 2.05) is 6.92 Å². The molecule has 0 unspecified atom stereocenters. The topological polar surface area (TPSA) is 68.3 Å². The first-order valence-electron chi connectivity index (χ1n) is 4.74. The van der Waals surface area contributed by atoms with Gasteiger partial charge in [-0.05, 0) is 5.30 Å². The maximum atomic E-state index is 10.3. The van der Waals surface area contributed by atoms with Crippen LogP contribution in [-0.2, 0) is 35.3 Å². The molecule has 0 fully saturated rings. The van der Waals surface area contributed by atoms with E-state index in [-0.39, 0.29) is 17.1 Å². The van der Waals surface area contributed by atoms with Crippen LogP contribution in [-0.4, -0.2) is 0 Å². The third kappa shape index (κ3) is 5.57. The average Bonchev–Trinajstić information content (AvgIpc) is 2.87. The fourth-order valence-electron chi connectivity index (χ4n) is 1.15. The molecule has 0 saturated carbocycles. The Hall–Kier alpha value is -0.981. The van der Waals surface area contributed by atoms with Gasteiger partial charge in [0.25, 0.3) is 7.68 Å². The van der Waals surface area contributed by atoms with Gasteiger partial charge in [-0.25, -0.2) is 20.8 Å². The van der Waals surface area contributed by atoms with E-state index in [0.717, 1.165) is 5.56 Å². The SMILES string of the molecule is Cc1cc[c-](P(=O)=O)c1.O=P(=O)[c-]1[cH-][cH-][cH-][cH-]1.[Fe]. The largest absolute Gasteiger partial charge is 0.747 e. The molecule has 2 aromatic carbocycles. The van der Waals surface area contributed by atoms with Crippen molar-refractivity contribution >= 4 is 26.0 Å². The van der Waals surface area contributed by atoms with E-state index in [9.17, 15) is 18.3 Å². The smallest absolute Gasteiger partial charge is 0.291 e. The van der Waals surface area contributed by atoms with E-state index in [4.69, 9.17) is 0 Å². The number of aryl methyl sites for hydroxylation is 1. The molecular weight excluding hydrogens is 314 g/mol. The third-order valence-electron chi connectivity index (χ3n) is 1.96. The van der Waals surface area contributed by atoms with E-state index in [2.05, 4.69) is 0 Å². The first kappa shape index (κ1) is 17.0. The first-order valence-corrected chi connectivity index (χ1v) is 7.10. The van der Waals surface area contributed by atoms with Gasteiger partial charge in [-0.3, -0.25) is 9.13 Å². The summed E-state index contributed by atoms with van der Waals surface area (Å²) in [5, 5.41) is 0.794. The van der Waals surface area contributed by atoms with Crippen LogP contribution in [0.2, 0.25) is 0 Å². The zero-order valence-corrected chi connectivity index (χ0v) is 12.3. The van der Waals surface area contributed by atoms with Crippen LogP contribution in [0.15, 0.2) is 42.5 Å². The second-order valence-electron chi connectivity index (χ2n) is 3.30. The maximum Gasteiger partial charge on any atom is 0.291 e. The molecule has 2 aromatic rings. The van der Waals surface area contributed by atoms with Gasteiger partial charge in [0, 0.05) is 17.1 Å². The predicted octanol–water partition coefficient (Wildman–Crippen LogP) is 2.71. The van der Waals surface area contributed by atoms with Gasteiger partial charge in [-0.15, -0.1) is 0 Å². The van der Waals surface area contributed by atoms with Gasteiger partial charge >= 0.3 is 0 Å². The molecule has 0 aliphatic heterocycles. The minimum absolute atomic E-state index is 0. The van der Waals surface area contributed by atoms with E-state index < -0.39 is 15.4 Å². The maximum absolute atomic E-state index is 10.3. The number of hydrogen-bond acceptors (Lipinski definition) is 4. The molecule has 0 aliphatic carbocycles. The monoisotopic (exact) mass is 324 g/mol. The molecule has 0 N–H and O–H groups in total. The molecule has 2 rings (SSSR count). The van der Waals surface area contributed by atoms with Gasteiger partial charge in [0.2, 0.25) is 0 Å². The second-order valence-corrected chi connectivity index (χ2v) is 5.37. The van der Waals surface area contributed by atoms with Crippen molar-refractivity contribution in [2.24, 2.45) is 0 Å². The van der Waals surface area contributed by atoms with Crippen molar-refractivity contribution in [2.45, 2.75) is 6.92 Å². The Labute approximate surface area is 116 Å². The molecule has 4 nitrogen and oxygen atoms in total. The van der Waals surface area contributed by atoms with Gasteiger partial charge < -0.3 is 29.6 Å². The quantitative estimate of drug-likeness (QED) is 0.484. The molecule has 0 bridgehead atoms. The van der Waals surface area contributed by atoms with E-state index in [1.165, 1.54) is 0 Å². The van der Waals surface area contributed by atoms with Gasteiger partial charge in [0.15, 0.2) is 0 Å². The van der Waals surface area contributed by atoms with Crippen molar-refractivity contribution in [3.8, 4) is 0 Å². The molecule has 0 saturated heterocycles. The molecule has 0 amide bonds. The molecule has 18 heavy (non-hydrogen) atoms. The van der Waals surface area contributed by atoms with Gasteiger partial charge in [0.1, 0.15) is 7.68 Å². The summed E-state index contributed by atoms with van der Waals surface area (Å²) in [6, 6.07) is 11.5.